The quantitative estimate of drug-likeness (QED) is 0.808. The molecule has 2 aromatic rings. The Morgan fingerprint density at radius 2 is 2.31 bits per heavy atom. The molecule has 0 aromatic carbocycles. The van der Waals surface area contributed by atoms with E-state index in [2.05, 4.69) is 15.4 Å². The van der Waals surface area contributed by atoms with Crippen LogP contribution in [0.1, 0.15) is 10.5 Å². The summed E-state index contributed by atoms with van der Waals surface area (Å²) in [5.41, 5.74) is 0.894. The Morgan fingerprint density at radius 1 is 1.50 bits per heavy atom. The summed E-state index contributed by atoms with van der Waals surface area (Å²) < 4.78 is 1.60. The van der Waals surface area contributed by atoms with E-state index in [4.69, 9.17) is 11.6 Å². The molecule has 0 aliphatic rings. The van der Waals surface area contributed by atoms with Crippen molar-refractivity contribution in [2.75, 3.05) is 5.32 Å². The van der Waals surface area contributed by atoms with E-state index in [1.807, 2.05) is 0 Å². The van der Waals surface area contributed by atoms with Crippen LogP contribution >= 0.6 is 11.6 Å². The molecule has 82 valence electrons. The molecule has 0 radical (unpaired) electrons. The number of aromatic nitrogens is 3. The third-order valence-electron chi connectivity index (χ3n) is 1.91. The minimum absolute atomic E-state index is 0.274. The van der Waals surface area contributed by atoms with Crippen LogP contribution in [0.5, 0.6) is 0 Å². The van der Waals surface area contributed by atoms with Crippen LogP contribution in [0.15, 0.2) is 30.6 Å². The van der Waals surface area contributed by atoms with E-state index in [9.17, 15) is 4.79 Å². The Balaban J connectivity index is 2.14. The van der Waals surface area contributed by atoms with Crippen molar-refractivity contribution in [3.05, 3.63) is 41.4 Å². The average Bonchev–Trinajstić information content (AvgIpc) is 2.64. The lowest BCUT2D eigenvalue weighted by Crippen LogP contribution is -2.13. The lowest BCUT2D eigenvalue weighted by atomic mass is 10.3. The van der Waals surface area contributed by atoms with Gasteiger partial charge in [0.05, 0.1) is 11.9 Å². The largest absolute Gasteiger partial charge is 0.318 e. The fraction of sp³-hybridized carbons (Fsp3) is 0.100. The summed E-state index contributed by atoms with van der Waals surface area (Å²) in [4.78, 5) is 15.6. The molecule has 5 nitrogen and oxygen atoms in total. The fourth-order valence-corrected chi connectivity index (χ4v) is 1.38. The van der Waals surface area contributed by atoms with Crippen molar-refractivity contribution < 1.29 is 4.79 Å². The molecule has 6 heteroatoms. The number of aryl methyl sites for hydroxylation is 1. The molecule has 0 saturated carbocycles. The summed E-state index contributed by atoms with van der Waals surface area (Å²) in [6.07, 6.45) is 3.25. The van der Waals surface area contributed by atoms with Crippen LogP contribution < -0.4 is 5.32 Å². The Kier molecular flexibility index (Phi) is 2.87. The van der Waals surface area contributed by atoms with E-state index in [1.54, 1.807) is 42.3 Å². The van der Waals surface area contributed by atoms with E-state index in [0.717, 1.165) is 0 Å². The van der Waals surface area contributed by atoms with Crippen molar-refractivity contribution in [1.29, 1.82) is 0 Å². The van der Waals surface area contributed by atoms with E-state index < -0.39 is 0 Å². The van der Waals surface area contributed by atoms with Crippen molar-refractivity contribution in [3.8, 4) is 0 Å². The zero-order valence-corrected chi connectivity index (χ0v) is 9.27. The second-order valence-corrected chi connectivity index (χ2v) is 3.59. The number of nitrogens with one attached hydrogen (secondary N) is 1. The average molecular weight is 237 g/mol. The van der Waals surface area contributed by atoms with Gasteiger partial charge in [-0.15, -0.1) is 0 Å². The van der Waals surface area contributed by atoms with Gasteiger partial charge in [-0.3, -0.25) is 9.48 Å². The summed E-state index contributed by atoms with van der Waals surface area (Å²) in [6, 6.07) is 4.88. The van der Waals surface area contributed by atoms with Crippen molar-refractivity contribution in [2.24, 2.45) is 7.05 Å². The lowest BCUT2D eigenvalue weighted by Gasteiger charge is -2.01. The second kappa shape index (κ2) is 4.32. The maximum atomic E-state index is 11.7. The Bertz CT molecular complexity index is 523. The topological polar surface area (TPSA) is 59.8 Å². The van der Waals surface area contributed by atoms with Crippen LogP contribution in [0.2, 0.25) is 5.15 Å². The number of carbonyl (C=O) groups is 1. The summed E-state index contributed by atoms with van der Waals surface area (Å²) in [7, 11) is 1.77. The third-order valence-corrected chi connectivity index (χ3v) is 2.12. The molecule has 16 heavy (non-hydrogen) atoms. The second-order valence-electron chi connectivity index (χ2n) is 3.20. The van der Waals surface area contributed by atoms with Crippen LogP contribution in [-0.2, 0) is 7.05 Å². The Hall–Kier alpha value is -1.88. The minimum atomic E-state index is -0.310. The zero-order chi connectivity index (χ0) is 11.5. The van der Waals surface area contributed by atoms with Gasteiger partial charge in [0.1, 0.15) is 10.8 Å². The standard InChI is InChI=1S/C10H9ClN4O/c1-15-6-7(5-12-15)13-10(16)8-3-2-4-9(11)14-8/h2-6H,1H3,(H,13,16). The normalized spacial score (nSPS) is 10.1. The minimum Gasteiger partial charge on any atom is -0.318 e. The number of rotatable bonds is 2. The first-order valence-corrected chi connectivity index (χ1v) is 4.95. The van der Waals surface area contributed by atoms with E-state index in [-0.39, 0.29) is 11.6 Å². The van der Waals surface area contributed by atoms with Crippen molar-refractivity contribution in [3.63, 3.8) is 0 Å². The molecule has 2 aromatic heterocycles. The Morgan fingerprint density at radius 3 is 2.94 bits per heavy atom. The molecular formula is C10H9ClN4O. The van der Waals surface area contributed by atoms with E-state index in [1.165, 1.54) is 0 Å². The third kappa shape index (κ3) is 2.38. The molecule has 0 bridgehead atoms. The molecule has 2 rings (SSSR count). The first-order chi connectivity index (χ1) is 7.65. The molecule has 0 aliphatic heterocycles. The molecule has 1 N–H and O–H groups in total. The molecule has 0 unspecified atom stereocenters. The zero-order valence-electron chi connectivity index (χ0n) is 8.51. The smallest absolute Gasteiger partial charge is 0.274 e. The number of hydrogen-bond donors (Lipinski definition) is 1. The summed E-state index contributed by atoms with van der Waals surface area (Å²) in [6.45, 7) is 0. The molecular weight excluding hydrogens is 228 g/mol. The molecule has 1 amide bonds. The van der Waals surface area contributed by atoms with Crippen molar-refractivity contribution in [2.45, 2.75) is 0 Å². The molecule has 0 atom stereocenters. The van der Waals surface area contributed by atoms with Gasteiger partial charge in [0.15, 0.2) is 0 Å². The van der Waals surface area contributed by atoms with Gasteiger partial charge in [0.2, 0.25) is 0 Å². The number of anilines is 1. The number of amides is 1. The highest BCUT2D eigenvalue weighted by atomic mass is 35.5. The van der Waals surface area contributed by atoms with Gasteiger partial charge in [-0.05, 0) is 12.1 Å². The number of carbonyl (C=O) groups excluding carboxylic acids is 1. The van der Waals surface area contributed by atoms with Crippen LogP contribution in [0.25, 0.3) is 0 Å². The van der Waals surface area contributed by atoms with Gasteiger partial charge in [-0.25, -0.2) is 4.98 Å². The fourth-order valence-electron chi connectivity index (χ4n) is 1.22. The van der Waals surface area contributed by atoms with Crippen LogP contribution in [0.3, 0.4) is 0 Å². The molecule has 0 spiro atoms. The SMILES string of the molecule is Cn1cc(NC(=O)c2cccc(Cl)n2)cn1. The summed E-state index contributed by atoms with van der Waals surface area (Å²) >= 11 is 5.69. The van der Waals surface area contributed by atoms with Gasteiger partial charge in [0.25, 0.3) is 5.91 Å². The highest BCUT2D eigenvalue weighted by Crippen LogP contribution is 2.08. The van der Waals surface area contributed by atoms with Crippen molar-refractivity contribution in [1.82, 2.24) is 14.8 Å². The van der Waals surface area contributed by atoms with Gasteiger partial charge in [-0.2, -0.15) is 5.10 Å². The summed E-state index contributed by atoms with van der Waals surface area (Å²) in [5, 5.41) is 6.89. The van der Waals surface area contributed by atoms with Crippen LogP contribution in [0, 0.1) is 0 Å². The molecule has 0 saturated heterocycles. The maximum Gasteiger partial charge on any atom is 0.274 e. The van der Waals surface area contributed by atoms with Crippen LogP contribution in [0.4, 0.5) is 5.69 Å². The lowest BCUT2D eigenvalue weighted by molar-refractivity contribution is 0.102. The van der Waals surface area contributed by atoms with Gasteiger partial charge in [-0.1, -0.05) is 17.7 Å². The molecule has 0 fully saturated rings. The van der Waals surface area contributed by atoms with Crippen LogP contribution in [-0.4, -0.2) is 20.7 Å². The number of hydrogen-bond acceptors (Lipinski definition) is 3. The monoisotopic (exact) mass is 236 g/mol. The number of halogens is 1. The first kappa shape index (κ1) is 10.6. The summed E-state index contributed by atoms with van der Waals surface area (Å²) in [5.74, 6) is -0.310. The number of nitrogens with zero attached hydrogens (tertiary/aromatic N) is 3. The highest BCUT2D eigenvalue weighted by Gasteiger charge is 2.08. The van der Waals surface area contributed by atoms with Gasteiger partial charge < -0.3 is 5.32 Å². The number of pyridine rings is 1. The molecule has 2 heterocycles. The molecule has 0 aliphatic carbocycles. The van der Waals surface area contributed by atoms with E-state index in [0.29, 0.717) is 10.8 Å². The van der Waals surface area contributed by atoms with E-state index >= 15 is 0 Å². The predicted octanol–water partition coefficient (Wildman–Crippen LogP) is 1.72. The predicted molar refractivity (Wildman–Crippen MR) is 60.4 cm³/mol. The van der Waals surface area contributed by atoms with Gasteiger partial charge >= 0.3 is 0 Å². The van der Waals surface area contributed by atoms with Crippen molar-refractivity contribution >= 4 is 23.2 Å². The first-order valence-electron chi connectivity index (χ1n) is 4.58. The van der Waals surface area contributed by atoms with Gasteiger partial charge in [0, 0.05) is 13.2 Å². The Labute approximate surface area is 97.1 Å². The maximum absolute atomic E-state index is 11.7. The highest BCUT2D eigenvalue weighted by molar-refractivity contribution is 6.29.